The number of ether oxygens (including phenoxy) is 4. The van der Waals surface area contributed by atoms with Gasteiger partial charge in [-0.25, -0.2) is 0 Å². The van der Waals surface area contributed by atoms with Gasteiger partial charge in [0.05, 0.1) is 32.0 Å². The second-order valence-electron chi connectivity index (χ2n) is 25.0. The lowest BCUT2D eigenvalue weighted by Gasteiger charge is -2.43. The summed E-state index contributed by atoms with van der Waals surface area (Å²) in [5.74, 6) is 6.24. The Balaban J connectivity index is 1.18. The fourth-order valence-corrected chi connectivity index (χ4v) is 22.2. The smallest absolute Gasteiger partial charge is 0.131 e. The van der Waals surface area contributed by atoms with Crippen molar-refractivity contribution in [3.8, 4) is 45.3 Å². The minimum atomic E-state index is -0.611. The molecule has 0 amide bonds. The van der Waals surface area contributed by atoms with Gasteiger partial charge in [0.1, 0.15) is 23.0 Å². The number of hydrogen-bond donors (Lipinski definition) is 0. The van der Waals surface area contributed by atoms with E-state index in [1.807, 2.05) is 14.2 Å². The molecule has 0 radical (unpaired) electrons. The van der Waals surface area contributed by atoms with Gasteiger partial charge in [-0.15, -0.1) is 0 Å². The quantitative estimate of drug-likeness (QED) is 0.0827. The molecule has 6 heteroatoms. The Kier molecular flexibility index (Phi) is 20.5. The Morgan fingerprint density at radius 1 is 0.446 bits per heavy atom. The van der Waals surface area contributed by atoms with Gasteiger partial charge in [0.2, 0.25) is 0 Å². The molecule has 4 aromatic rings. The predicted molar refractivity (Wildman–Crippen MR) is 323 cm³/mol. The molecule has 4 unspecified atom stereocenters. The second kappa shape index (κ2) is 26.5. The number of hydrogen-bond acceptors (Lipinski definition) is 4. The van der Waals surface area contributed by atoms with E-state index in [-0.39, 0.29) is 20.1 Å². The third-order valence-corrected chi connectivity index (χ3v) is 24.9. The van der Waals surface area contributed by atoms with Crippen molar-refractivity contribution in [1.29, 1.82) is 0 Å². The van der Waals surface area contributed by atoms with Crippen molar-refractivity contribution in [2.45, 2.75) is 263 Å². The van der Waals surface area contributed by atoms with Crippen LogP contribution in [0.3, 0.4) is 0 Å². The Morgan fingerprint density at radius 2 is 0.932 bits per heavy atom. The van der Waals surface area contributed by atoms with Crippen LogP contribution in [0.5, 0.6) is 23.0 Å². The molecule has 4 atom stereocenters. The lowest BCUT2D eigenvalue weighted by Crippen LogP contribution is -2.32. The van der Waals surface area contributed by atoms with Crippen molar-refractivity contribution in [3.05, 3.63) is 82.9 Å². The highest BCUT2D eigenvalue weighted by atomic mass is 31.1. The first kappa shape index (κ1) is 57.1. The molecule has 4 nitrogen and oxygen atoms in total. The van der Waals surface area contributed by atoms with Crippen LogP contribution in [-0.4, -0.2) is 49.1 Å². The summed E-state index contributed by atoms with van der Waals surface area (Å²) < 4.78 is 27.7. The molecule has 4 aliphatic rings. The molecule has 4 aliphatic carbocycles. The van der Waals surface area contributed by atoms with Crippen molar-refractivity contribution in [2.75, 3.05) is 14.2 Å². The third kappa shape index (κ3) is 13.3. The molecule has 4 aromatic carbocycles. The standard InChI is InChI=1S/C68H100O4P2/c1-44(2)51-40-58(46(5)6)65(59(41-51)47(7)8)67-60(69-12)36-37-61(70-13)68(67)74(55-31-21-16-22-32-55)56-33-25-26-50(39-56)38-49(11)72-63-43-52(45(3)4)42-62(71-48(9)10)66(63)57-34-23-24-35-64(57)73(53-27-17-14-18-28-53)54-29-19-15-20-30-54/h23-24,34-37,40-50,53-56H,14-22,25-33,38-39H2,1-13H3. The molecule has 406 valence electrons. The van der Waals surface area contributed by atoms with Gasteiger partial charge in [0.15, 0.2) is 0 Å². The molecule has 0 saturated heterocycles. The van der Waals surface area contributed by atoms with E-state index in [0.717, 1.165) is 40.7 Å². The van der Waals surface area contributed by atoms with Gasteiger partial charge >= 0.3 is 0 Å². The van der Waals surface area contributed by atoms with Gasteiger partial charge < -0.3 is 18.9 Å². The summed E-state index contributed by atoms with van der Waals surface area (Å²) in [4.78, 5) is 0. The van der Waals surface area contributed by atoms with Gasteiger partial charge in [-0.3, -0.25) is 0 Å². The van der Waals surface area contributed by atoms with Crippen molar-refractivity contribution >= 4 is 26.5 Å². The molecule has 0 N–H and O–H groups in total. The zero-order valence-corrected chi connectivity index (χ0v) is 50.6. The van der Waals surface area contributed by atoms with E-state index < -0.39 is 7.92 Å². The van der Waals surface area contributed by atoms with Crippen molar-refractivity contribution in [3.63, 3.8) is 0 Å². The number of methoxy groups -OCH3 is 2. The normalized spacial score (nSPS) is 20.5. The monoisotopic (exact) mass is 1040 g/mol. The van der Waals surface area contributed by atoms with Crippen LogP contribution in [0.15, 0.2) is 60.7 Å². The summed E-state index contributed by atoms with van der Waals surface area (Å²) in [5, 5.41) is 3.10. The van der Waals surface area contributed by atoms with Crippen LogP contribution in [-0.2, 0) is 0 Å². The Bertz CT molecular complexity index is 2370. The first-order chi connectivity index (χ1) is 35.7. The van der Waals surface area contributed by atoms with Gasteiger partial charge in [-0.05, 0) is 194 Å². The Hall–Kier alpha value is -3.06. The summed E-state index contributed by atoms with van der Waals surface area (Å²) in [6.07, 6.45) is 26.8. The van der Waals surface area contributed by atoms with E-state index in [1.165, 1.54) is 172 Å². The Labute approximate surface area is 454 Å². The highest BCUT2D eigenvalue weighted by Gasteiger charge is 2.41. The fourth-order valence-electron chi connectivity index (χ4n) is 14.1. The van der Waals surface area contributed by atoms with Crippen LogP contribution in [0, 0.1) is 5.92 Å². The summed E-state index contributed by atoms with van der Waals surface area (Å²) in [6.45, 7) is 25.7. The molecule has 4 saturated carbocycles. The zero-order valence-electron chi connectivity index (χ0n) is 48.8. The summed E-state index contributed by atoms with van der Waals surface area (Å²) in [7, 11) is 2.87. The van der Waals surface area contributed by atoms with Crippen LogP contribution in [0.4, 0.5) is 0 Å². The summed E-state index contributed by atoms with van der Waals surface area (Å²) >= 11 is 0. The Morgan fingerprint density at radius 3 is 1.45 bits per heavy atom. The molecule has 8 rings (SSSR count). The topological polar surface area (TPSA) is 36.9 Å². The molecule has 74 heavy (non-hydrogen) atoms. The van der Waals surface area contributed by atoms with Crippen LogP contribution in [0.1, 0.15) is 251 Å². The first-order valence-electron chi connectivity index (χ1n) is 30.3. The fraction of sp³-hybridized carbons (Fsp3) is 0.647. The molecular formula is C68H100O4P2. The molecule has 0 heterocycles. The van der Waals surface area contributed by atoms with Gasteiger partial charge in [0, 0.05) is 10.9 Å². The van der Waals surface area contributed by atoms with Gasteiger partial charge in [0.25, 0.3) is 0 Å². The zero-order chi connectivity index (χ0) is 52.6. The summed E-state index contributed by atoms with van der Waals surface area (Å²) in [5.41, 5.74) is 13.8. The van der Waals surface area contributed by atoms with Gasteiger partial charge in [-0.2, -0.15) is 0 Å². The lowest BCUT2D eigenvalue weighted by atomic mass is 9.81. The second-order valence-corrected chi connectivity index (χ2v) is 30.5. The number of benzene rings is 4. The SMILES string of the molecule is COc1ccc(OC)c(P(C2CCCCC2)C2CCCC(CC(C)Oc3cc(C(C)C)cc(OC(C)C)c3-c3ccccc3P(C3CCCCC3)C3CCCCC3)C2)c1-c1c(C(C)C)cc(C(C)C)cc1C(C)C. The lowest BCUT2D eigenvalue weighted by molar-refractivity contribution is 0.169. The minimum Gasteiger partial charge on any atom is -0.496 e. The van der Waals surface area contributed by atoms with Crippen LogP contribution in [0.25, 0.3) is 22.3 Å². The van der Waals surface area contributed by atoms with Crippen molar-refractivity contribution < 1.29 is 18.9 Å². The van der Waals surface area contributed by atoms with Crippen LogP contribution < -0.4 is 29.6 Å². The number of rotatable bonds is 20. The molecule has 0 spiro atoms. The van der Waals surface area contributed by atoms with Crippen molar-refractivity contribution in [2.24, 2.45) is 5.92 Å². The first-order valence-corrected chi connectivity index (χ1v) is 33.2. The van der Waals surface area contributed by atoms with Crippen molar-refractivity contribution in [1.82, 2.24) is 0 Å². The average molecular weight is 1040 g/mol. The molecule has 0 aromatic heterocycles. The molecule has 0 bridgehead atoms. The highest BCUT2D eigenvalue weighted by molar-refractivity contribution is 7.67. The maximum absolute atomic E-state index is 7.58. The van der Waals surface area contributed by atoms with E-state index in [4.69, 9.17) is 18.9 Å². The van der Waals surface area contributed by atoms with Gasteiger partial charge in [-0.1, -0.05) is 178 Å². The third-order valence-electron chi connectivity index (χ3n) is 17.8. The summed E-state index contributed by atoms with van der Waals surface area (Å²) in [6, 6.07) is 23.9. The largest absolute Gasteiger partial charge is 0.496 e. The average Bonchev–Trinajstić information content (AvgIpc) is 3.40. The molecule has 4 fully saturated rings. The van der Waals surface area contributed by atoms with Crippen LogP contribution in [0.2, 0.25) is 0 Å². The van der Waals surface area contributed by atoms with E-state index >= 15 is 0 Å². The van der Waals surface area contributed by atoms with Crippen LogP contribution >= 0.6 is 15.8 Å². The van der Waals surface area contributed by atoms with E-state index in [2.05, 4.69) is 137 Å². The highest BCUT2D eigenvalue weighted by Crippen LogP contribution is 2.61. The predicted octanol–water partition coefficient (Wildman–Crippen LogP) is 19.9. The maximum atomic E-state index is 7.58. The van der Waals surface area contributed by atoms with E-state index in [1.54, 1.807) is 5.30 Å². The maximum Gasteiger partial charge on any atom is 0.131 e. The minimum absolute atomic E-state index is 0.0571. The van der Waals surface area contributed by atoms with E-state index in [9.17, 15) is 0 Å². The molecule has 0 aliphatic heterocycles. The molecular weight excluding hydrogens is 943 g/mol. The van der Waals surface area contributed by atoms with E-state index in [0.29, 0.717) is 40.9 Å².